The molecule has 0 unspecified atom stereocenters. The molecule has 1 fully saturated rings. The predicted molar refractivity (Wildman–Crippen MR) is 45.5 cm³/mol. The van der Waals surface area contributed by atoms with Crippen molar-refractivity contribution in [3.63, 3.8) is 0 Å². The highest BCUT2D eigenvalue weighted by Gasteiger charge is 2.20. The molecule has 1 saturated heterocycles. The van der Waals surface area contributed by atoms with E-state index < -0.39 is 0 Å². The number of hydrogen-bond donors (Lipinski definition) is 2. The molecule has 0 spiro atoms. The maximum absolute atomic E-state index is 5.28. The van der Waals surface area contributed by atoms with Gasteiger partial charge in [-0.05, 0) is 32.9 Å². The van der Waals surface area contributed by atoms with E-state index in [1.165, 1.54) is 12.8 Å². The van der Waals surface area contributed by atoms with Crippen molar-refractivity contribution in [1.29, 1.82) is 0 Å². The highest BCUT2D eigenvalue weighted by molar-refractivity contribution is 4.73. The Morgan fingerprint density at radius 3 is 2.18 bits per heavy atom. The molecule has 66 valence electrons. The van der Waals surface area contributed by atoms with Crippen LogP contribution in [0.1, 0.15) is 12.8 Å². The van der Waals surface area contributed by atoms with Crippen molar-refractivity contribution in [2.24, 2.45) is 5.92 Å². The lowest BCUT2D eigenvalue weighted by atomic mass is 9.97. The summed E-state index contributed by atoms with van der Waals surface area (Å²) in [6, 6.07) is 0. The molecule has 3 nitrogen and oxygen atoms in total. The zero-order valence-corrected chi connectivity index (χ0v) is 7.39. The molecule has 1 aliphatic rings. The Labute approximate surface area is 68.5 Å². The molecule has 0 aromatic carbocycles. The molecule has 0 aliphatic carbocycles. The van der Waals surface area contributed by atoms with Crippen molar-refractivity contribution in [2.75, 3.05) is 27.3 Å². The standard InChI is InChI=1S/C8H18N2O/c1-9-8(10-2)7-3-5-11-6-4-7/h7-10H,3-6H2,1-2H3. The van der Waals surface area contributed by atoms with E-state index in [-0.39, 0.29) is 0 Å². The molecule has 0 bridgehead atoms. The summed E-state index contributed by atoms with van der Waals surface area (Å²) >= 11 is 0. The fourth-order valence-electron chi connectivity index (χ4n) is 1.66. The van der Waals surface area contributed by atoms with E-state index in [4.69, 9.17) is 4.74 Å². The van der Waals surface area contributed by atoms with Crippen LogP contribution >= 0.6 is 0 Å². The smallest absolute Gasteiger partial charge is 0.0597 e. The van der Waals surface area contributed by atoms with Gasteiger partial charge in [0.05, 0.1) is 6.17 Å². The van der Waals surface area contributed by atoms with Gasteiger partial charge in [-0.1, -0.05) is 0 Å². The number of nitrogens with one attached hydrogen (secondary N) is 2. The topological polar surface area (TPSA) is 33.3 Å². The Bertz CT molecular complexity index is 98.3. The summed E-state index contributed by atoms with van der Waals surface area (Å²) in [5.74, 6) is 0.735. The summed E-state index contributed by atoms with van der Waals surface area (Å²) in [6.07, 6.45) is 2.80. The predicted octanol–water partition coefficient (Wildman–Crippen LogP) is 0.178. The second-order valence-corrected chi connectivity index (χ2v) is 3.00. The molecule has 1 rings (SSSR count). The molecule has 1 heterocycles. The van der Waals surface area contributed by atoms with E-state index in [1.807, 2.05) is 14.1 Å². The van der Waals surface area contributed by atoms with Gasteiger partial charge < -0.3 is 15.4 Å². The van der Waals surface area contributed by atoms with E-state index in [9.17, 15) is 0 Å². The molecule has 11 heavy (non-hydrogen) atoms. The number of ether oxygens (including phenoxy) is 1. The maximum atomic E-state index is 5.28. The molecular weight excluding hydrogens is 140 g/mol. The highest BCUT2D eigenvalue weighted by atomic mass is 16.5. The summed E-state index contributed by atoms with van der Waals surface area (Å²) in [5, 5.41) is 6.51. The van der Waals surface area contributed by atoms with Gasteiger partial charge in [-0.25, -0.2) is 0 Å². The van der Waals surface area contributed by atoms with Crippen molar-refractivity contribution in [3.05, 3.63) is 0 Å². The third kappa shape index (κ3) is 2.43. The Kier molecular flexibility index (Phi) is 3.83. The summed E-state index contributed by atoms with van der Waals surface area (Å²) < 4.78 is 5.28. The molecule has 2 N–H and O–H groups in total. The quantitative estimate of drug-likeness (QED) is 0.575. The lowest BCUT2D eigenvalue weighted by Gasteiger charge is -2.29. The zero-order chi connectivity index (χ0) is 8.10. The molecule has 3 heteroatoms. The molecule has 1 aliphatic heterocycles. The van der Waals surface area contributed by atoms with Crippen LogP contribution in [0.4, 0.5) is 0 Å². The van der Waals surface area contributed by atoms with E-state index in [0.717, 1.165) is 19.1 Å². The Morgan fingerprint density at radius 1 is 1.18 bits per heavy atom. The van der Waals surface area contributed by atoms with Crippen molar-refractivity contribution in [3.8, 4) is 0 Å². The first kappa shape index (κ1) is 8.97. The lowest BCUT2D eigenvalue weighted by molar-refractivity contribution is 0.0512. The SMILES string of the molecule is CNC(NC)C1CCOCC1. The third-order valence-electron chi connectivity index (χ3n) is 2.36. The van der Waals surface area contributed by atoms with Crippen LogP contribution in [0.2, 0.25) is 0 Å². The number of hydrogen-bond acceptors (Lipinski definition) is 3. The minimum atomic E-state index is 0.457. The first-order chi connectivity index (χ1) is 5.38. The van der Waals surface area contributed by atoms with Crippen molar-refractivity contribution < 1.29 is 4.74 Å². The molecular formula is C8H18N2O. The molecule has 0 aromatic heterocycles. The maximum Gasteiger partial charge on any atom is 0.0597 e. The van der Waals surface area contributed by atoms with Crippen LogP contribution in [0.15, 0.2) is 0 Å². The lowest BCUT2D eigenvalue weighted by Crippen LogP contribution is -2.45. The van der Waals surface area contributed by atoms with Gasteiger partial charge in [0.15, 0.2) is 0 Å². The van der Waals surface area contributed by atoms with E-state index in [2.05, 4.69) is 10.6 Å². The molecule has 0 aromatic rings. The van der Waals surface area contributed by atoms with Gasteiger partial charge in [-0.3, -0.25) is 0 Å². The summed E-state index contributed by atoms with van der Waals surface area (Å²) in [5.41, 5.74) is 0. The van der Waals surface area contributed by atoms with E-state index >= 15 is 0 Å². The van der Waals surface area contributed by atoms with Gasteiger partial charge in [0.2, 0.25) is 0 Å². The van der Waals surface area contributed by atoms with Crippen LogP contribution < -0.4 is 10.6 Å². The monoisotopic (exact) mass is 158 g/mol. The van der Waals surface area contributed by atoms with Crippen LogP contribution in [-0.4, -0.2) is 33.5 Å². The van der Waals surface area contributed by atoms with Crippen molar-refractivity contribution >= 4 is 0 Å². The van der Waals surface area contributed by atoms with E-state index in [1.54, 1.807) is 0 Å². The molecule has 0 atom stereocenters. The minimum absolute atomic E-state index is 0.457. The van der Waals surface area contributed by atoms with Crippen LogP contribution in [0, 0.1) is 5.92 Å². The van der Waals surface area contributed by atoms with Crippen LogP contribution in [0.5, 0.6) is 0 Å². The van der Waals surface area contributed by atoms with Gasteiger partial charge in [-0.2, -0.15) is 0 Å². The van der Waals surface area contributed by atoms with Gasteiger partial charge in [0.1, 0.15) is 0 Å². The minimum Gasteiger partial charge on any atom is -0.381 e. The molecule has 0 saturated carbocycles. The van der Waals surface area contributed by atoms with E-state index in [0.29, 0.717) is 6.17 Å². The second-order valence-electron chi connectivity index (χ2n) is 3.00. The molecule has 0 radical (unpaired) electrons. The van der Waals surface area contributed by atoms with Crippen molar-refractivity contribution in [1.82, 2.24) is 10.6 Å². The average Bonchev–Trinajstić information content (AvgIpc) is 2.09. The van der Waals surface area contributed by atoms with Crippen LogP contribution in [0.3, 0.4) is 0 Å². The summed E-state index contributed by atoms with van der Waals surface area (Å²) in [7, 11) is 3.99. The fourth-order valence-corrected chi connectivity index (χ4v) is 1.66. The van der Waals surface area contributed by atoms with Gasteiger partial charge in [0, 0.05) is 13.2 Å². The number of rotatable bonds is 3. The highest BCUT2D eigenvalue weighted by Crippen LogP contribution is 2.16. The van der Waals surface area contributed by atoms with Crippen molar-refractivity contribution in [2.45, 2.75) is 19.0 Å². The Hall–Kier alpha value is -0.120. The second kappa shape index (κ2) is 4.70. The average molecular weight is 158 g/mol. The zero-order valence-electron chi connectivity index (χ0n) is 7.39. The first-order valence-electron chi connectivity index (χ1n) is 4.30. The summed E-state index contributed by atoms with van der Waals surface area (Å²) in [4.78, 5) is 0. The largest absolute Gasteiger partial charge is 0.381 e. The van der Waals surface area contributed by atoms with Crippen LogP contribution in [-0.2, 0) is 4.74 Å². The Morgan fingerprint density at radius 2 is 1.73 bits per heavy atom. The van der Waals surface area contributed by atoms with Crippen LogP contribution in [0.25, 0.3) is 0 Å². The third-order valence-corrected chi connectivity index (χ3v) is 2.36. The normalized spacial score (nSPS) is 21.0. The molecule has 0 amide bonds. The van der Waals surface area contributed by atoms with Gasteiger partial charge in [0.25, 0.3) is 0 Å². The fraction of sp³-hybridized carbons (Fsp3) is 1.00. The first-order valence-corrected chi connectivity index (χ1v) is 4.30. The Balaban J connectivity index is 2.30. The van der Waals surface area contributed by atoms with Gasteiger partial charge >= 0.3 is 0 Å². The van der Waals surface area contributed by atoms with Gasteiger partial charge in [-0.15, -0.1) is 0 Å². The summed E-state index contributed by atoms with van der Waals surface area (Å²) in [6.45, 7) is 1.84.